The Morgan fingerprint density at radius 2 is 2.38 bits per heavy atom. The molecule has 2 aromatic rings. The molecule has 84 valence electrons. The van der Waals surface area contributed by atoms with Crippen LogP contribution in [0.15, 0.2) is 22.6 Å². The van der Waals surface area contributed by atoms with Crippen molar-refractivity contribution in [2.24, 2.45) is 0 Å². The third-order valence-electron chi connectivity index (χ3n) is 2.67. The van der Waals surface area contributed by atoms with Gasteiger partial charge < -0.3 is 20.2 Å². The molecule has 1 aromatic carbocycles. The lowest BCUT2D eigenvalue weighted by atomic mass is 10.3. The topological polar surface area (TPSA) is 73.3 Å². The number of oxazole rings is 1. The second kappa shape index (κ2) is 3.68. The van der Waals surface area contributed by atoms with Gasteiger partial charge in [-0.2, -0.15) is 4.98 Å². The zero-order valence-electron chi connectivity index (χ0n) is 8.77. The molecular weight excluding hydrogens is 206 g/mol. The van der Waals surface area contributed by atoms with Crippen LogP contribution in [0, 0.1) is 0 Å². The molecular formula is C11H13N3O2. The molecule has 1 fully saturated rings. The summed E-state index contributed by atoms with van der Waals surface area (Å²) in [7, 11) is 0. The van der Waals surface area contributed by atoms with Gasteiger partial charge in [0.15, 0.2) is 5.58 Å². The minimum Gasteiger partial charge on any atom is -0.424 e. The normalized spacial score (nSPS) is 20.4. The van der Waals surface area contributed by atoms with Crippen molar-refractivity contribution in [1.82, 2.24) is 4.98 Å². The van der Waals surface area contributed by atoms with Gasteiger partial charge in [-0.25, -0.2) is 0 Å². The van der Waals surface area contributed by atoms with Gasteiger partial charge in [-0.1, -0.05) is 0 Å². The molecule has 16 heavy (non-hydrogen) atoms. The molecule has 0 saturated carbocycles. The number of hydrogen-bond donors (Lipinski definition) is 2. The first kappa shape index (κ1) is 9.47. The van der Waals surface area contributed by atoms with E-state index in [1.54, 1.807) is 12.1 Å². The molecule has 1 aliphatic rings. The van der Waals surface area contributed by atoms with E-state index in [-0.39, 0.29) is 0 Å². The van der Waals surface area contributed by atoms with Crippen molar-refractivity contribution in [2.45, 2.75) is 12.5 Å². The van der Waals surface area contributed by atoms with E-state index in [0.29, 0.717) is 24.4 Å². The fraction of sp³-hybridized carbons (Fsp3) is 0.364. The van der Waals surface area contributed by atoms with E-state index in [1.165, 1.54) is 0 Å². The molecule has 1 atom stereocenters. The molecule has 1 saturated heterocycles. The van der Waals surface area contributed by atoms with E-state index in [4.69, 9.17) is 14.9 Å². The molecule has 1 aromatic heterocycles. The summed E-state index contributed by atoms with van der Waals surface area (Å²) in [6.07, 6.45) is 0.987. The van der Waals surface area contributed by atoms with Gasteiger partial charge in [0.1, 0.15) is 5.52 Å². The van der Waals surface area contributed by atoms with Crippen molar-refractivity contribution in [2.75, 3.05) is 24.3 Å². The molecule has 0 bridgehead atoms. The highest BCUT2D eigenvalue weighted by Gasteiger charge is 2.17. The summed E-state index contributed by atoms with van der Waals surface area (Å²) in [5, 5.41) is 3.21. The number of ether oxygens (including phenoxy) is 1. The van der Waals surface area contributed by atoms with Crippen LogP contribution in [-0.2, 0) is 4.74 Å². The summed E-state index contributed by atoms with van der Waals surface area (Å²) in [5.74, 6) is 0. The zero-order chi connectivity index (χ0) is 11.0. The minimum absolute atomic E-state index is 0.297. The maximum Gasteiger partial charge on any atom is 0.295 e. The number of anilines is 2. The summed E-state index contributed by atoms with van der Waals surface area (Å²) in [6, 6.07) is 6.26. The van der Waals surface area contributed by atoms with Crippen LogP contribution in [0.1, 0.15) is 6.42 Å². The molecule has 1 unspecified atom stereocenters. The number of benzene rings is 1. The minimum atomic E-state index is 0.297. The fourth-order valence-electron chi connectivity index (χ4n) is 1.83. The van der Waals surface area contributed by atoms with Gasteiger partial charge in [0.05, 0.1) is 12.6 Å². The summed E-state index contributed by atoms with van der Waals surface area (Å²) in [5.41, 5.74) is 7.89. The van der Waals surface area contributed by atoms with Crippen LogP contribution in [0.25, 0.3) is 11.1 Å². The van der Waals surface area contributed by atoms with Crippen molar-refractivity contribution >= 4 is 22.8 Å². The number of hydrogen-bond acceptors (Lipinski definition) is 5. The van der Waals surface area contributed by atoms with E-state index in [1.807, 2.05) is 6.07 Å². The predicted octanol–water partition coefficient (Wildman–Crippen LogP) is 1.61. The highest BCUT2D eigenvalue weighted by Crippen LogP contribution is 2.22. The van der Waals surface area contributed by atoms with Gasteiger partial charge in [0.2, 0.25) is 0 Å². The van der Waals surface area contributed by atoms with Gasteiger partial charge in [0.25, 0.3) is 6.01 Å². The highest BCUT2D eigenvalue weighted by atomic mass is 16.5. The SMILES string of the molecule is Nc1ccc2oc(NC3CCOC3)nc2c1. The van der Waals surface area contributed by atoms with Gasteiger partial charge in [-0.15, -0.1) is 0 Å². The Bertz CT molecular complexity index is 503. The Labute approximate surface area is 92.6 Å². The van der Waals surface area contributed by atoms with E-state index < -0.39 is 0 Å². The van der Waals surface area contributed by atoms with Crippen LogP contribution >= 0.6 is 0 Å². The third kappa shape index (κ3) is 1.69. The lowest BCUT2D eigenvalue weighted by Crippen LogP contribution is -2.18. The first-order chi connectivity index (χ1) is 7.81. The number of nitrogens with zero attached hydrogens (tertiary/aromatic N) is 1. The van der Waals surface area contributed by atoms with Crippen LogP contribution in [0.5, 0.6) is 0 Å². The van der Waals surface area contributed by atoms with Crippen molar-refractivity contribution in [3.8, 4) is 0 Å². The Morgan fingerprint density at radius 1 is 1.44 bits per heavy atom. The largest absolute Gasteiger partial charge is 0.424 e. The zero-order valence-corrected chi connectivity index (χ0v) is 8.77. The molecule has 0 amide bonds. The standard InChI is InChI=1S/C11H13N3O2/c12-7-1-2-10-9(5-7)14-11(16-10)13-8-3-4-15-6-8/h1-2,5,8H,3-4,6,12H2,(H,13,14). The molecule has 3 N–H and O–H groups in total. The average Bonchev–Trinajstić information content (AvgIpc) is 2.86. The van der Waals surface area contributed by atoms with Crippen LogP contribution < -0.4 is 11.1 Å². The lowest BCUT2D eigenvalue weighted by molar-refractivity contribution is 0.195. The number of nitrogens with one attached hydrogen (secondary N) is 1. The average molecular weight is 219 g/mol. The van der Waals surface area contributed by atoms with Gasteiger partial charge >= 0.3 is 0 Å². The molecule has 1 aliphatic heterocycles. The predicted molar refractivity (Wildman–Crippen MR) is 61.3 cm³/mol. The summed E-state index contributed by atoms with van der Waals surface area (Å²) in [6.45, 7) is 1.51. The van der Waals surface area contributed by atoms with Crippen LogP contribution in [0.4, 0.5) is 11.7 Å². The molecule has 0 spiro atoms. The van der Waals surface area contributed by atoms with Crippen molar-refractivity contribution in [3.63, 3.8) is 0 Å². The van der Waals surface area contributed by atoms with Crippen LogP contribution in [0.2, 0.25) is 0 Å². The van der Waals surface area contributed by atoms with Crippen molar-refractivity contribution in [3.05, 3.63) is 18.2 Å². The Balaban J connectivity index is 1.86. The van der Waals surface area contributed by atoms with Gasteiger partial charge in [0, 0.05) is 12.3 Å². The number of nitrogen functional groups attached to an aromatic ring is 1. The number of nitrogens with two attached hydrogens (primary N) is 1. The maximum absolute atomic E-state index is 5.67. The van der Waals surface area contributed by atoms with E-state index in [0.717, 1.165) is 24.1 Å². The van der Waals surface area contributed by atoms with E-state index in [9.17, 15) is 0 Å². The molecule has 5 heteroatoms. The number of aromatic nitrogens is 1. The number of rotatable bonds is 2. The van der Waals surface area contributed by atoms with Gasteiger partial charge in [-0.05, 0) is 24.6 Å². The maximum atomic E-state index is 5.67. The first-order valence-corrected chi connectivity index (χ1v) is 5.31. The summed E-state index contributed by atoms with van der Waals surface area (Å²) >= 11 is 0. The Kier molecular flexibility index (Phi) is 2.18. The summed E-state index contributed by atoms with van der Waals surface area (Å²) in [4.78, 5) is 4.32. The smallest absolute Gasteiger partial charge is 0.295 e. The quantitative estimate of drug-likeness (QED) is 0.751. The Morgan fingerprint density at radius 3 is 3.19 bits per heavy atom. The molecule has 5 nitrogen and oxygen atoms in total. The third-order valence-corrected chi connectivity index (χ3v) is 2.67. The fourth-order valence-corrected chi connectivity index (χ4v) is 1.83. The van der Waals surface area contributed by atoms with E-state index >= 15 is 0 Å². The van der Waals surface area contributed by atoms with Crippen molar-refractivity contribution in [1.29, 1.82) is 0 Å². The second-order valence-corrected chi connectivity index (χ2v) is 3.95. The molecule has 0 radical (unpaired) electrons. The van der Waals surface area contributed by atoms with Crippen molar-refractivity contribution < 1.29 is 9.15 Å². The molecule has 2 heterocycles. The molecule has 3 rings (SSSR count). The van der Waals surface area contributed by atoms with Crippen LogP contribution in [-0.4, -0.2) is 24.2 Å². The lowest BCUT2D eigenvalue weighted by Gasteiger charge is -2.06. The van der Waals surface area contributed by atoms with Gasteiger partial charge in [-0.3, -0.25) is 0 Å². The number of fused-ring (bicyclic) bond motifs is 1. The Hall–Kier alpha value is -1.75. The monoisotopic (exact) mass is 219 g/mol. The first-order valence-electron chi connectivity index (χ1n) is 5.31. The van der Waals surface area contributed by atoms with E-state index in [2.05, 4.69) is 10.3 Å². The molecule has 0 aliphatic carbocycles. The summed E-state index contributed by atoms with van der Waals surface area (Å²) < 4.78 is 10.8. The second-order valence-electron chi connectivity index (χ2n) is 3.95. The highest BCUT2D eigenvalue weighted by molar-refractivity contribution is 5.78. The van der Waals surface area contributed by atoms with Crippen LogP contribution in [0.3, 0.4) is 0 Å².